The average Bonchev–Trinajstić information content (AvgIpc) is 2.57. The van der Waals surface area contributed by atoms with E-state index in [4.69, 9.17) is 9.47 Å². The van der Waals surface area contributed by atoms with Crippen LogP contribution in [0.15, 0.2) is 0 Å². The monoisotopic (exact) mass is 291 g/mol. The van der Waals surface area contributed by atoms with Crippen LogP contribution in [0, 0.1) is 5.92 Å². The molecule has 2 atom stereocenters. The van der Waals surface area contributed by atoms with Gasteiger partial charge in [0, 0.05) is 19.6 Å². The van der Waals surface area contributed by atoms with Gasteiger partial charge in [0.2, 0.25) is 5.91 Å². The lowest BCUT2D eigenvalue weighted by Gasteiger charge is -2.34. The standard InChI is InChI=1S/C12H21NO5S/c1-3-18-9-4-8(5-9)12(14)13-10-6-19(15,16)7-11(10)17-2/h8-11H,3-7H2,1-2H3,(H,13,14). The normalized spacial score (nSPS) is 36.7. The van der Waals surface area contributed by atoms with E-state index >= 15 is 0 Å². The summed E-state index contributed by atoms with van der Waals surface area (Å²) in [6.45, 7) is 2.59. The van der Waals surface area contributed by atoms with E-state index in [0.29, 0.717) is 6.61 Å². The van der Waals surface area contributed by atoms with Gasteiger partial charge in [0.25, 0.3) is 0 Å². The second kappa shape index (κ2) is 5.76. The summed E-state index contributed by atoms with van der Waals surface area (Å²) in [5.74, 6) is -0.183. The van der Waals surface area contributed by atoms with Gasteiger partial charge in [0.1, 0.15) is 0 Å². The quantitative estimate of drug-likeness (QED) is 0.754. The highest BCUT2D eigenvalue weighted by Crippen LogP contribution is 2.30. The molecule has 1 N–H and O–H groups in total. The molecule has 0 aromatic heterocycles. The molecular weight excluding hydrogens is 270 g/mol. The van der Waals surface area contributed by atoms with Crippen molar-refractivity contribution in [2.24, 2.45) is 5.92 Å². The highest BCUT2D eigenvalue weighted by atomic mass is 32.2. The lowest BCUT2D eigenvalue weighted by molar-refractivity contribution is -0.135. The van der Waals surface area contributed by atoms with E-state index in [-0.39, 0.29) is 29.4 Å². The highest BCUT2D eigenvalue weighted by molar-refractivity contribution is 7.91. The van der Waals surface area contributed by atoms with Gasteiger partial charge in [-0.2, -0.15) is 0 Å². The minimum Gasteiger partial charge on any atom is -0.378 e. The predicted octanol–water partition coefficient (Wildman–Crippen LogP) is -0.270. The molecule has 1 saturated heterocycles. The summed E-state index contributed by atoms with van der Waals surface area (Å²) in [4.78, 5) is 12.0. The van der Waals surface area contributed by atoms with Crippen LogP contribution in [0.5, 0.6) is 0 Å². The van der Waals surface area contributed by atoms with Gasteiger partial charge in [-0.15, -0.1) is 0 Å². The molecule has 0 aromatic carbocycles. The van der Waals surface area contributed by atoms with Crippen LogP contribution in [0.25, 0.3) is 0 Å². The third kappa shape index (κ3) is 3.46. The summed E-state index contributed by atoms with van der Waals surface area (Å²) in [5, 5.41) is 2.80. The average molecular weight is 291 g/mol. The summed E-state index contributed by atoms with van der Waals surface area (Å²) in [7, 11) is -1.63. The van der Waals surface area contributed by atoms with Gasteiger partial charge in [0.05, 0.1) is 29.8 Å². The third-order valence-corrected chi connectivity index (χ3v) is 5.50. The molecule has 1 amide bonds. The first kappa shape index (κ1) is 14.7. The fraction of sp³-hybridized carbons (Fsp3) is 0.917. The first-order valence-corrected chi connectivity index (χ1v) is 8.42. The van der Waals surface area contributed by atoms with Crippen molar-refractivity contribution in [2.45, 2.75) is 38.0 Å². The van der Waals surface area contributed by atoms with Crippen LogP contribution in [-0.2, 0) is 24.1 Å². The van der Waals surface area contributed by atoms with E-state index in [1.54, 1.807) is 0 Å². The number of ether oxygens (including phenoxy) is 2. The number of methoxy groups -OCH3 is 1. The van der Waals surface area contributed by atoms with Crippen molar-refractivity contribution in [3.05, 3.63) is 0 Å². The lowest BCUT2D eigenvalue weighted by atomic mass is 9.81. The van der Waals surface area contributed by atoms with Gasteiger partial charge in [-0.3, -0.25) is 4.79 Å². The Balaban J connectivity index is 1.83. The zero-order valence-electron chi connectivity index (χ0n) is 11.3. The summed E-state index contributed by atoms with van der Waals surface area (Å²) in [5.41, 5.74) is 0. The van der Waals surface area contributed by atoms with E-state index in [2.05, 4.69) is 5.32 Å². The van der Waals surface area contributed by atoms with Gasteiger partial charge in [-0.1, -0.05) is 0 Å². The Labute approximate surface area is 113 Å². The molecule has 6 nitrogen and oxygen atoms in total. The number of amides is 1. The van der Waals surface area contributed by atoms with E-state index < -0.39 is 22.0 Å². The molecule has 2 fully saturated rings. The third-order valence-electron chi connectivity index (χ3n) is 3.80. The molecule has 19 heavy (non-hydrogen) atoms. The van der Waals surface area contributed by atoms with Gasteiger partial charge < -0.3 is 14.8 Å². The molecule has 0 spiro atoms. The van der Waals surface area contributed by atoms with E-state index in [1.807, 2.05) is 6.92 Å². The summed E-state index contributed by atoms with van der Waals surface area (Å²) < 4.78 is 33.6. The van der Waals surface area contributed by atoms with Crippen LogP contribution < -0.4 is 5.32 Å². The number of sulfone groups is 1. The molecule has 0 bridgehead atoms. The van der Waals surface area contributed by atoms with Crippen LogP contribution in [0.3, 0.4) is 0 Å². The van der Waals surface area contributed by atoms with Crippen molar-refractivity contribution in [3.8, 4) is 0 Å². The Kier molecular flexibility index (Phi) is 4.47. The van der Waals surface area contributed by atoms with Gasteiger partial charge in [-0.05, 0) is 19.8 Å². The molecule has 0 aromatic rings. The lowest BCUT2D eigenvalue weighted by Crippen LogP contribution is -2.49. The first-order chi connectivity index (χ1) is 8.95. The molecule has 0 radical (unpaired) electrons. The Bertz CT molecular complexity index is 429. The van der Waals surface area contributed by atoms with Gasteiger partial charge in [0.15, 0.2) is 9.84 Å². The maximum Gasteiger partial charge on any atom is 0.223 e. The predicted molar refractivity (Wildman–Crippen MR) is 69.5 cm³/mol. The summed E-state index contributed by atoms with van der Waals surface area (Å²) in [6, 6.07) is -0.423. The number of carbonyl (C=O) groups excluding carboxylic acids is 1. The molecular formula is C12H21NO5S. The highest BCUT2D eigenvalue weighted by Gasteiger charge is 2.41. The zero-order chi connectivity index (χ0) is 14.0. The van der Waals surface area contributed by atoms with Crippen LogP contribution in [-0.4, -0.2) is 57.8 Å². The molecule has 1 heterocycles. The zero-order valence-corrected chi connectivity index (χ0v) is 12.1. The second-order valence-corrected chi connectivity index (χ2v) is 7.37. The van der Waals surface area contributed by atoms with Crippen LogP contribution in [0.4, 0.5) is 0 Å². The molecule has 2 aliphatic rings. The topological polar surface area (TPSA) is 81.7 Å². The number of carbonyl (C=O) groups is 1. The van der Waals surface area contributed by atoms with E-state index in [0.717, 1.165) is 12.8 Å². The van der Waals surface area contributed by atoms with Crippen LogP contribution >= 0.6 is 0 Å². The second-order valence-electron chi connectivity index (χ2n) is 5.21. The van der Waals surface area contributed by atoms with Crippen molar-refractivity contribution >= 4 is 15.7 Å². The van der Waals surface area contributed by atoms with Crippen molar-refractivity contribution in [1.82, 2.24) is 5.32 Å². The minimum atomic E-state index is -3.10. The maximum absolute atomic E-state index is 12.0. The van der Waals surface area contributed by atoms with Crippen LogP contribution in [0.2, 0.25) is 0 Å². The van der Waals surface area contributed by atoms with Crippen molar-refractivity contribution in [2.75, 3.05) is 25.2 Å². The number of rotatable bonds is 5. The Morgan fingerprint density at radius 3 is 2.58 bits per heavy atom. The minimum absolute atomic E-state index is 0.0132. The Hall–Kier alpha value is -0.660. The van der Waals surface area contributed by atoms with Crippen LogP contribution in [0.1, 0.15) is 19.8 Å². The maximum atomic E-state index is 12.0. The Morgan fingerprint density at radius 2 is 2.00 bits per heavy atom. The number of nitrogens with one attached hydrogen (secondary N) is 1. The smallest absolute Gasteiger partial charge is 0.223 e. The van der Waals surface area contributed by atoms with Crippen molar-refractivity contribution < 1.29 is 22.7 Å². The SMILES string of the molecule is CCOC1CC(C(=O)NC2CS(=O)(=O)CC2OC)C1. The largest absolute Gasteiger partial charge is 0.378 e. The molecule has 1 aliphatic carbocycles. The van der Waals surface area contributed by atoms with Crippen molar-refractivity contribution in [3.63, 3.8) is 0 Å². The molecule has 7 heteroatoms. The molecule has 1 aliphatic heterocycles. The van der Waals surface area contributed by atoms with Gasteiger partial charge in [-0.25, -0.2) is 8.42 Å². The first-order valence-electron chi connectivity index (χ1n) is 6.60. The summed E-state index contributed by atoms with van der Waals surface area (Å²) >= 11 is 0. The Morgan fingerprint density at radius 1 is 1.32 bits per heavy atom. The fourth-order valence-corrected chi connectivity index (χ4v) is 4.48. The molecule has 1 saturated carbocycles. The fourth-order valence-electron chi connectivity index (χ4n) is 2.63. The molecule has 2 rings (SSSR count). The number of hydrogen-bond acceptors (Lipinski definition) is 5. The van der Waals surface area contributed by atoms with E-state index in [1.165, 1.54) is 7.11 Å². The number of hydrogen-bond donors (Lipinski definition) is 1. The molecule has 110 valence electrons. The molecule has 2 unspecified atom stereocenters. The van der Waals surface area contributed by atoms with Gasteiger partial charge >= 0.3 is 0 Å². The van der Waals surface area contributed by atoms with E-state index in [9.17, 15) is 13.2 Å². The van der Waals surface area contributed by atoms with Crippen molar-refractivity contribution in [1.29, 1.82) is 0 Å². The summed E-state index contributed by atoms with van der Waals surface area (Å²) in [6.07, 6.45) is 1.18.